The molecular weight excluding hydrogens is 245 g/mol. The summed E-state index contributed by atoms with van der Waals surface area (Å²) < 4.78 is 13.6. The van der Waals surface area contributed by atoms with Gasteiger partial charge in [-0.25, -0.2) is 4.39 Å². The second-order valence-corrected chi connectivity index (χ2v) is 4.12. The van der Waals surface area contributed by atoms with E-state index in [9.17, 15) is 9.18 Å². The van der Waals surface area contributed by atoms with Crippen LogP contribution in [-0.2, 0) is 4.79 Å². The molecule has 1 rings (SSSR count). The van der Waals surface area contributed by atoms with Crippen LogP contribution in [0.2, 0.25) is 5.02 Å². The van der Waals surface area contributed by atoms with Crippen molar-refractivity contribution in [1.82, 2.24) is 5.32 Å². The van der Waals surface area contributed by atoms with Gasteiger partial charge in [-0.1, -0.05) is 31.0 Å². The summed E-state index contributed by atoms with van der Waals surface area (Å²) in [4.78, 5) is 11.1. The Hall–Kier alpha value is -1.13. The summed E-state index contributed by atoms with van der Waals surface area (Å²) in [7, 11) is 0. The predicted molar refractivity (Wildman–Crippen MR) is 64.7 cm³/mol. The fourth-order valence-corrected chi connectivity index (χ4v) is 1.79. The van der Waals surface area contributed by atoms with Gasteiger partial charge < -0.3 is 10.4 Å². The highest BCUT2D eigenvalue weighted by Gasteiger charge is 2.24. The van der Waals surface area contributed by atoms with E-state index < -0.39 is 17.8 Å². The first-order chi connectivity index (χ1) is 8.07. The molecule has 0 spiro atoms. The number of hydrogen-bond acceptors (Lipinski definition) is 2. The number of carboxylic acid groups (broad SMARTS) is 1. The van der Waals surface area contributed by atoms with Gasteiger partial charge in [0.05, 0.1) is 0 Å². The number of aliphatic carboxylic acids is 1. The maximum absolute atomic E-state index is 13.6. The number of rotatable bonds is 6. The minimum Gasteiger partial charge on any atom is -0.480 e. The highest BCUT2D eigenvalue weighted by molar-refractivity contribution is 6.31. The van der Waals surface area contributed by atoms with Crippen LogP contribution in [0.3, 0.4) is 0 Å². The van der Waals surface area contributed by atoms with Crippen LogP contribution in [0.15, 0.2) is 18.2 Å². The van der Waals surface area contributed by atoms with Gasteiger partial charge in [-0.3, -0.25) is 4.79 Å². The quantitative estimate of drug-likeness (QED) is 0.772. The van der Waals surface area contributed by atoms with E-state index in [1.54, 1.807) is 0 Å². The molecule has 0 radical (unpaired) electrons. The standard InChI is InChI=1S/C12H15ClFNO2/c1-2-3-7-15-11(12(16)17)10-8(13)5-4-6-9(10)14/h4-6,11,15H,2-3,7H2,1H3,(H,16,17). The Morgan fingerprint density at radius 2 is 2.29 bits per heavy atom. The Labute approximate surface area is 105 Å². The largest absolute Gasteiger partial charge is 0.480 e. The van der Waals surface area contributed by atoms with Crippen molar-refractivity contribution < 1.29 is 14.3 Å². The molecule has 1 aromatic carbocycles. The molecule has 0 heterocycles. The Balaban J connectivity index is 2.93. The fraction of sp³-hybridized carbons (Fsp3) is 0.417. The Morgan fingerprint density at radius 1 is 1.59 bits per heavy atom. The SMILES string of the molecule is CCCCNC(C(=O)O)c1c(F)cccc1Cl. The lowest BCUT2D eigenvalue weighted by atomic mass is 10.1. The molecule has 17 heavy (non-hydrogen) atoms. The summed E-state index contributed by atoms with van der Waals surface area (Å²) in [6.45, 7) is 2.51. The van der Waals surface area contributed by atoms with Crippen molar-refractivity contribution in [2.24, 2.45) is 0 Å². The lowest BCUT2D eigenvalue weighted by Gasteiger charge is -2.16. The van der Waals surface area contributed by atoms with Crippen molar-refractivity contribution in [2.75, 3.05) is 6.54 Å². The third-order valence-corrected chi connectivity index (χ3v) is 2.74. The predicted octanol–water partition coefficient (Wildman–Crippen LogP) is 2.99. The van der Waals surface area contributed by atoms with Gasteiger partial charge >= 0.3 is 5.97 Å². The van der Waals surface area contributed by atoms with Crippen LogP contribution in [0.4, 0.5) is 4.39 Å². The monoisotopic (exact) mass is 259 g/mol. The summed E-state index contributed by atoms with van der Waals surface area (Å²) in [5, 5.41) is 12.0. The number of nitrogens with one attached hydrogen (secondary N) is 1. The molecule has 1 unspecified atom stereocenters. The van der Waals surface area contributed by atoms with Crippen LogP contribution in [0.25, 0.3) is 0 Å². The first-order valence-corrected chi connectivity index (χ1v) is 5.85. The number of carboxylic acids is 1. The number of halogens is 2. The van der Waals surface area contributed by atoms with Gasteiger partial charge in [0.25, 0.3) is 0 Å². The molecule has 0 amide bonds. The molecule has 1 aromatic rings. The normalized spacial score (nSPS) is 12.4. The molecule has 0 aliphatic carbocycles. The van der Waals surface area contributed by atoms with Gasteiger partial charge in [-0.15, -0.1) is 0 Å². The minimum absolute atomic E-state index is 0.00207. The van der Waals surface area contributed by atoms with Crippen molar-refractivity contribution in [3.63, 3.8) is 0 Å². The number of unbranched alkanes of at least 4 members (excludes halogenated alkanes) is 1. The van der Waals surface area contributed by atoms with Crippen molar-refractivity contribution in [2.45, 2.75) is 25.8 Å². The molecule has 0 fully saturated rings. The highest BCUT2D eigenvalue weighted by atomic mass is 35.5. The zero-order valence-corrected chi connectivity index (χ0v) is 10.3. The molecule has 2 N–H and O–H groups in total. The second-order valence-electron chi connectivity index (χ2n) is 3.71. The van der Waals surface area contributed by atoms with Crippen molar-refractivity contribution in [3.05, 3.63) is 34.6 Å². The van der Waals surface area contributed by atoms with Gasteiger partial charge in [-0.2, -0.15) is 0 Å². The maximum Gasteiger partial charge on any atom is 0.325 e. The Bertz CT molecular complexity index is 378. The minimum atomic E-state index is -1.13. The van der Waals surface area contributed by atoms with Crippen LogP contribution < -0.4 is 5.32 Å². The van der Waals surface area contributed by atoms with Gasteiger partial charge in [-0.05, 0) is 25.1 Å². The lowest BCUT2D eigenvalue weighted by molar-refractivity contribution is -0.139. The van der Waals surface area contributed by atoms with Crippen LogP contribution >= 0.6 is 11.6 Å². The average Bonchev–Trinajstić information content (AvgIpc) is 2.26. The molecule has 0 aliphatic rings. The van der Waals surface area contributed by atoms with Crippen molar-refractivity contribution in [1.29, 1.82) is 0 Å². The van der Waals surface area contributed by atoms with Gasteiger partial charge in [0.1, 0.15) is 11.9 Å². The Kier molecular flexibility index (Phi) is 5.38. The first-order valence-electron chi connectivity index (χ1n) is 5.48. The van der Waals surface area contributed by atoms with E-state index in [1.807, 2.05) is 6.92 Å². The summed E-state index contributed by atoms with van der Waals surface area (Å²) in [6.07, 6.45) is 1.76. The van der Waals surface area contributed by atoms with E-state index in [2.05, 4.69) is 5.32 Å². The summed E-state index contributed by atoms with van der Waals surface area (Å²) in [5.74, 6) is -1.73. The molecule has 5 heteroatoms. The van der Waals surface area contributed by atoms with Gasteiger partial charge in [0.15, 0.2) is 0 Å². The second kappa shape index (κ2) is 6.57. The van der Waals surface area contributed by atoms with E-state index in [-0.39, 0.29) is 10.6 Å². The third-order valence-electron chi connectivity index (χ3n) is 2.41. The first kappa shape index (κ1) is 13.9. The molecular formula is C12H15ClFNO2. The summed E-state index contributed by atoms with van der Waals surface area (Å²) in [5.41, 5.74) is -0.00207. The zero-order chi connectivity index (χ0) is 12.8. The van der Waals surface area contributed by atoms with Gasteiger partial charge in [0, 0.05) is 10.6 Å². The maximum atomic E-state index is 13.6. The van der Waals surface area contributed by atoms with Crippen molar-refractivity contribution in [3.8, 4) is 0 Å². The highest BCUT2D eigenvalue weighted by Crippen LogP contribution is 2.26. The molecule has 0 saturated heterocycles. The number of carbonyl (C=O) groups is 1. The number of hydrogen-bond donors (Lipinski definition) is 2. The molecule has 0 aliphatic heterocycles. The van der Waals surface area contributed by atoms with E-state index in [1.165, 1.54) is 18.2 Å². The lowest BCUT2D eigenvalue weighted by Crippen LogP contribution is -2.30. The summed E-state index contributed by atoms with van der Waals surface area (Å²) in [6, 6.07) is 3.04. The van der Waals surface area contributed by atoms with Crippen LogP contribution in [0, 0.1) is 5.82 Å². The molecule has 3 nitrogen and oxygen atoms in total. The van der Waals surface area contributed by atoms with Crippen molar-refractivity contribution >= 4 is 17.6 Å². The average molecular weight is 260 g/mol. The molecule has 1 atom stereocenters. The van der Waals surface area contributed by atoms with Crippen LogP contribution in [0.5, 0.6) is 0 Å². The fourth-order valence-electron chi connectivity index (χ4n) is 1.52. The van der Waals surface area contributed by atoms with E-state index in [4.69, 9.17) is 16.7 Å². The molecule has 94 valence electrons. The van der Waals surface area contributed by atoms with E-state index in [0.717, 1.165) is 12.8 Å². The molecule has 0 saturated carbocycles. The molecule has 0 aromatic heterocycles. The third kappa shape index (κ3) is 3.68. The van der Waals surface area contributed by atoms with E-state index >= 15 is 0 Å². The van der Waals surface area contributed by atoms with Gasteiger partial charge in [0.2, 0.25) is 0 Å². The Morgan fingerprint density at radius 3 is 2.82 bits per heavy atom. The topological polar surface area (TPSA) is 49.3 Å². The zero-order valence-electron chi connectivity index (χ0n) is 9.54. The molecule has 0 bridgehead atoms. The summed E-state index contributed by atoms with van der Waals surface area (Å²) >= 11 is 5.84. The smallest absolute Gasteiger partial charge is 0.325 e. The van der Waals surface area contributed by atoms with Crippen LogP contribution in [0.1, 0.15) is 31.4 Å². The van der Waals surface area contributed by atoms with E-state index in [0.29, 0.717) is 6.54 Å². The number of benzene rings is 1. The van der Waals surface area contributed by atoms with Crippen LogP contribution in [-0.4, -0.2) is 17.6 Å².